The van der Waals surface area contributed by atoms with Crippen molar-refractivity contribution in [1.29, 1.82) is 0 Å². The summed E-state index contributed by atoms with van der Waals surface area (Å²) in [6.07, 6.45) is 2.50. The molecule has 0 bridgehead atoms. The predicted octanol–water partition coefficient (Wildman–Crippen LogP) is 2.45. The minimum Gasteiger partial charge on any atom is -0.497 e. The van der Waals surface area contributed by atoms with E-state index in [9.17, 15) is 0 Å². The van der Waals surface area contributed by atoms with Gasteiger partial charge in [-0.3, -0.25) is 4.90 Å². The summed E-state index contributed by atoms with van der Waals surface area (Å²) in [5, 5.41) is 3.39. The zero-order chi connectivity index (χ0) is 14.5. The minimum absolute atomic E-state index is 0.330. The van der Waals surface area contributed by atoms with Crippen LogP contribution in [-0.2, 0) is 0 Å². The maximum atomic E-state index is 5.51. The van der Waals surface area contributed by atoms with Crippen LogP contribution in [-0.4, -0.2) is 45.3 Å². The largest absolute Gasteiger partial charge is 0.497 e. The normalized spacial score (nSPS) is 21.5. The first-order chi connectivity index (χ1) is 9.69. The molecule has 1 aromatic rings. The summed E-state index contributed by atoms with van der Waals surface area (Å²) < 4.78 is 10.9. The third kappa shape index (κ3) is 3.25. The molecule has 1 saturated heterocycles. The second kappa shape index (κ2) is 6.95. The lowest BCUT2D eigenvalue weighted by Crippen LogP contribution is -2.45. The molecule has 1 heterocycles. The molecule has 4 heteroatoms. The monoisotopic (exact) mass is 278 g/mol. The molecule has 2 unspecified atom stereocenters. The van der Waals surface area contributed by atoms with Gasteiger partial charge in [-0.15, -0.1) is 0 Å². The van der Waals surface area contributed by atoms with Crippen molar-refractivity contribution in [2.75, 3.05) is 34.4 Å². The number of piperidine rings is 1. The van der Waals surface area contributed by atoms with Crippen LogP contribution in [0.3, 0.4) is 0 Å². The van der Waals surface area contributed by atoms with E-state index in [1.807, 2.05) is 19.2 Å². The van der Waals surface area contributed by atoms with E-state index >= 15 is 0 Å². The summed E-state index contributed by atoms with van der Waals surface area (Å²) in [5.74, 6) is 1.82. The smallest absolute Gasteiger partial charge is 0.123 e. The summed E-state index contributed by atoms with van der Waals surface area (Å²) in [7, 11) is 5.48. The predicted molar refractivity (Wildman–Crippen MR) is 81.6 cm³/mol. The Morgan fingerprint density at radius 2 is 2.10 bits per heavy atom. The lowest BCUT2D eigenvalue weighted by molar-refractivity contribution is 0.147. The van der Waals surface area contributed by atoms with Crippen molar-refractivity contribution in [2.24, 2.45) is 0 Å². The lowest BCUT2D eigenvalue weighted by Gasteiger charge is -2.37. The molecule has 20 heavy (non-hydrogen) atoms. The SMILES string of the molecule is CNC1CCCN(C(C)c2cc(OC)ccc2OC)C1. The molecule has 0 aromatic heterocycles. The Hall–Kier alpha value is -1.26. The number of methoxy groups -OCH3 is 2. The summed E-state index contributed by atoms with van der Waals surface area (Å²) in [5.41, 5.74) is 1.20. The van der Waals surface area contributed by atoms with Crippen LogP contribution < -0.4 is 14.8 Å². The van der Waals surface area contributed by atoms with Crippen LogP contribution in [0.4, 0.5) is 0 Å². The number of nitrogens with one attached hydrogen (secondary N) is 1. The highest BCUT2D eigenvalue weighted by Crippen LogP contribution is 2.33. The molecule has 2 rings (SSSR count). The van der Waals surface area contributed by atoms with Gasteiger partial charge in [0.1, 0.15) is 11.5 Å². The number of ether oxygens (including phenoxy) is 2. The summed E-state index contributed by atoms with van der Waals surface area (Å²) in [6.45, 7) is 4.47. The second-order valence-electron chi connectivity index (χ2n) is 5.41. The summed E-state index contributed by atoms with van der Waals surface area (Å²) in [4.78, 5) is 2.52. The molecule has 4 nitrogen and oxygen atoms in total. The molecule has 1 aliphatic rings. The first kappa shape index (κ1) is 15.1. The third-order valence-corrected chi connectivity index (χ3v) is 4.30. The highest BCUT2D eigenvalue weighted by Gasteiger charge is 2.25. The number of likely N-dealkylation sites (tertiary alicyclic amines) is 1. The first-order valence-corrected chi connectivity index (χ1v) is 7.32. The van der Waals surface area contributed by atoms with Gasteiger partial charge in [-0.2, -0.15) is 0 Å². The van der Waals surface area contributed by atoms with Gasteiger partial charge in [0.15, 0.2) is 0 Å². The summed E-state index contributed by atoms with van der Waals surface area (Å²) >= 11 is 0. The molecule has 0 radical (unpaired) electrons. The number of hydrogen-bond donors (Lipinski definition) is 1. The molecule has 0 spiro atoms. The van der Waals surface area contributed by atoms with E-state index in [1.54, 1.807) is 14.2 Å². The van der Waals surface area contributed by atoms with E-state index < -0.39 is 0 Å². The number of benzene rings is 1. The molecule has 0 aliphatic carbocycles. The molecule has 112 valence electrons. The van der Waals surface area contributed by atoms with E-state index in [4.69, 9.17) is 9.47 Å². The zero-order valence-electron chi connectivity index (χ0n) is 13.0. The van der Waals surface area contributed by atoms with Crippen LogP contribution in [0.25, 0.3) is 0 Å². The van der Waals surface area contributed by atoms with Gasteiger partial charge in [-0.25, -0.2) is 0 Å². The average Bonchev–Trinajstić information content (AvgIpc) is 2.53. The Balaban J connectivity index is 2.20. The van der Waals surface area contributed by atoms with Crippen LogP contribution in [0.1, 0.15) is 31.4 Å². The Labute approximate surface area is 122 Å². The van der Waals surface area contributed by atoms with Crippen molar-refractivity contribution in [3.05, 3.63) is 23.8 Å². The van der Waals surface area contributed by atoms with Crippen molar-refractivity contribution in [2.45, 2.75) is 31.8 Å². The van der Waals surface area contributed by atoms with Crippen LogP contribution in [0.2, 0.25) is 0 Å². The number of rotatable bonds is 5. The molecule has 0 amide bonds. The van der Waals surface area contributed by atoms with Gasteiger partial charge in [-0.1, -0.05) is 0 Å². The van der Waals surface area contributed by atoms with E-state index in [0.717, 1.165) is 24.6 Å². The number of nitrogens with zero attached hydrogens (tertiary/aromatic N) is 1. The highest BCUT2D eigenvalue weighted by molar-refractivity contribution is 5.42. The Bertz CT molecular complexity index is 436. The van der Waals surface area contributed by atoms with Crippen molar-refractivity contribution in [3.63, 3.8) is 0 Å². The van der Waals surface area contributed by atoms with Crippen LogP contribution in [0, 0.1) is 0 Å². The quantitative estimate of drug-likeness (QED) is 0.897. The van der Waals surface area contributed by atoms with E-state index in [-0.39, 0.29) is 0 Å². The van der Waals surface area contributed by atoms with E-state index in [0.29, 0.717) is 12.1 Å². The zero-order valence-corrected chi connectivity index (χ0v) is 13.0. The van der Waals surface area contributed by atoms with Crippen LogP contribution >= 0.6 is 0 Å². The van der Waals surface area contributed by atoms with Crippen LogP contribution in [0.15, 0.2) is 18.2 Å². The molecule has 1 N–H and O–H groups in total. The topological polar surface area (TPSA) is 33.7 Å². The summed E-state index contributed by atoms with van der Waals surface area (Å²) in [6, 6.07) is 6.94. The van der Waals surface area contributed by atoms with Crippen molar-refractivity contribution in [3.8, 4) is 11.5 Å². The molecule has 0 saturated carbocycles. The molecule has 2 atom stereocenters. The van der Waals surface area contributed by atoms with Crippen LogP contribution in [0.5, 0.6) is 11.5 Å². The highest BCUT2D eigenvalue weighted by atomic mass is 16.5. The molecular formula is C16H26N2O2. The maximum Gasteiger partial charge on any atom is 0.123 e. The van der Waals surface area contributed by atoms with Gasteiger partial charge in [0.25, 0.3) is 0 Å². The van der Waals surface area contributed by atoms with Gasteiger partial charge in [0.2, 0.25) is 0 Å². The Morgan fingerprint density at radius 1 is 1.30 bits per heavy atom. The van der Waals surface area contributed by atoms with E-state index in [2.05, 4.69) is 23.2 Å². The molecule has 1 aromatic carbocycles. The molecular weight excluding hydrogens is 252 g/mol. The number of likely N-dealkylation sites (N-methyl/N-ethyl adjacent to an activating group) is 1. The van der Waals surface area contributed by atoms with Gasteiger partial charge >= 0.3 is 0 Å². The second-order valence-corrected chi connectivity index (χ2v) is 5.41. The van der Waals surface area contributed by atoms with Crippen molar-refractivity contribution >= 4 is 0 Å². The van der Waals surface area contributed by atoms with Crippen molar-refractivity contribution in [1.82, 2.24) is 10.2 Å². The minimum atomic E-state index is 0.330. The van der Waals surface area contributed by atoms with Crippen molar-refractivity contribution < 1.29 is 9.47 Å². The lowest BCUT2D eigenvalue weighted by atomic mass is 9.99. The standard InChI is InChI=1S/C16H26N2O2/c1-12(18-9-5-6-13(11-18)17-2)15-10-14(19-3)7-8-16(15)20-4/h7-8,10,12-13,17H,5-6,9,11H2,1-4H3. The van der Waals surface area contributed by atoms with Gasteiger partial charge in [-0.05, 0) is 51.6 Å². The third-order valence-electron chi connectivity index (χ3n) is 4.30. The number of hydrogen-bond acceptors (Lipinski definition) is 4. The Morgan fingerprint density at radius 3 is 2.75 bits per heavy atom. The fraction of sp³-hybridized carbons (Fsp3) is 0.625. The molecule has 1 aliphatic heterocycles. The molecule has 1 fully saturated rings. The fourth-order valence-electron chi connectivity index (χ4n) is 2.96. The van der Waals surface area contributed by atoms with Gasteiger partial charge < -0.3 is 14.8 Å². The van der Waals surface area contributed by atoms with E-state index in [1.165, 1.54) is 18.4 Å². The van der Waals surface area contributed by atoms with Gasteiger partial charge in [0, 0.05) is 24.2 Å². The Kier molecular flexibility index (Phi) is 5.26. The maximum absolute atomic E-state index is 5.51. The fourth-order valence-corrected chi connectivity index (χ4v) is 2.96. The van der Waals surface area contributed by atoms with Gasteiger partial charge in [0.05, 0.1) is 14.2 Å². The first-order valence-electron chi connectivity index (χ1n) is 7.32. The average molecular weight is 278 g/mol.